The molecule has 0 spiro atoms. The zero-order chi connectivity index (χ0) is 51.3. The molecule has 3 atom stereocenters. The van der Waals surface area contributed by atoms with E-state index in [4.69, 9.17) is 23.3 Å². The minimum atomic E-state index is -4.76. The van der Waals surface area contributed by atoms with Gasteiger partial charge in [0.05, 0.1) is 19.8 Å². The Morgan fingerprint density at radius 1 is 0.414 bits per heavy atom. The van der Waals surface area contributed by atoms with Crippen LogP contribution in [0.5, 0.6) is 0 Å². The number of carbonyl (C=O) groups is 3. The van der Waals surface area contributed by atoms with Crippen LogP contribution in [0, 0.1) is 0 Å². The van der Waals surface area contributed by atoms with Crippen molar-refractivity contribution >= 4 is 25.7 Å². The first-order valence-electron chi connectivity index (χ1n) is 27.5. The average Bonchev–Trinajstić information content (AvgIpc) is 3.35. The molecule has 402 valence electrons. The standard InChI is InChI=1S/C58H99O11P/c1-4-7-10-13-16-19-22-25-27-30-33-36-39-42-45-48-57(61)68-54(50-59)52-66-70(63,64)67-53-55(51-65-56(60)47-44-41-38-35-32-29-24-21-18-15-12-9-6-3)69-58(62)49-46-43-40-37-34-31-28-26-23-20-17-14-11-8-5-2/h8-9,11-12,17-18,20-21,26,28-29,32,38,41,54-55,59H,4-7,10,13-16,19,22-25,27,30-31,33-37,39-40,42-53H2,1-3H3,(H,63,64)/b11-8-,12-9-,20-17-,21-18-,28-26-,32-29-,41-38-. The van der Waals surface area contributed by atoms with Crippen molar-refractivity contribution < 1.29 is 52.2 Å². The van der Waals surface area contributed by atoms with E-state index in [9.17, 15) is 28.9 Å². The number of aliphatic hydroxyl groups excluding tert-OH is 1. The van der Waals surface area contributed by atoms with Gasteiger partial charge in [-0.25, -0.2) is 4.57 Å². The predicted octanol–water partition coefficient (Wildman–Crippen LogP) is 15.9. The van der Waals surface area contributed by atoms with Gasteiger partial charge in [-0.2, -0.15) is 0 Å². The van der Waals surface area contributed by atoms with Crippen LogP contribution >= 0.6 is 7.82 Å². The minimum Gasteiger partial charge on any atom is -0.462 e. The number of rotatable bonds is 50. The third-order valence-corrected chi connectivity index (χ3v) is 12.3. The first-order chi connectivity index (χ1) is 34.2. The molecule has 0 amide bonds. The molecule has 0 radical (unpaired) electrons. The molecule has 0 fully saturated rings. The summed E-state index contributed by atoms with van der Waals surface area (Å²) in [6.45, 7) is 4.31. The second kappa shape index (κ2) is 52.0. The number of carbonyl (C=O) groups excluding carboxylic acids is 3. The normalized spacial score (nSPS) is 14.1. The lowest BCUT2D eigenvalue weighted by molar-refractivity contribution is -0.161. The van der Waals surface area contributed by atoms with Gasteiger partial charge in [0.1, 0.15) is 12.7 Å². The van der Waals surface area contributed by atoms with Crippen molar-refractivity contribution in [2.24, 2.45) is 0 Å². The van der Waals surface area contributed by atoms with Gasteiger partial charge in [-0.05, 0) is 77.0 Å². The highest BCUT2D eigenvalue weighted by Crippen LogP contribution is 2.43. The maximum atomic E-state index is 12.9. The zero-order valence-electron chi connectivity index (χ0n) is 44.2. The highest BCUT2D eigenvalue weighted by molar-refractivity contribution is 7.47. The Morgan fingerprint density at radius 2 is 0.771 bits per heavy atom. The maximum Gasteiger partial charge on any atom is 0.472 e. The molecule has 0 bridgehead atoms. The van der Waals surface area contributed by atoms with Crippen molar-refractivity contribution in [1.29, 1.82) is 0 Å². The topological polar surface area (TPSA) is 155 Å². The van der Waals surface area contributed by atoms with Crippen molar-refractivity contribution in [3.05, 3.63) is 85.1 Å². The molecule has 0 aromatic heterocycles. The third kappa shape index (κ3) is 49.6. The van der Waals surface area contributed by atoms with Gasteiger partial charge >= 0.3 is 25.7 Å². The van der Waals surface area contributed by atoms with Crippen molar-refractivity contribution in [1.82, 2.24) is 0 Å². The first kappa shape index (κ1) is 66.7. The predicted molar refractivity (Wildman–Crippen MR) is 288 cm³/mol. The molecule has 11 nitrogen and oxygen atoms in total. The van der Waals surface area contributed by atoms with E-state index in [0.717, 1.165) is 96.3 Å². The molecule has 0 rings (SSSR count). The molecule has 0 saturated heterocycles. The van der Waals surface area contributed by atoms with Crippen LogP contribution in [0.15, 0.2) is 85.1 Å². The van der Waals surface area contributed by atoms with Crippen molar-refractivity contribution in [3.8, 4) is 0 Å². The van der Waals surface area contributed by atoms with E-state index in [1.807, 2.05) is 12.2 Å². The van der Waals surface area contributed by atoms with Gasteiger partial charge in [0.15, 0.2) is 6.10 Å². The summed E-state index contributed by atoms with van der Waals surface area (Å²) in [7, 11) is -4.76. The summed E-state index contributed by atoms with van der Waals surface area (Å²) in [5.74, 6) is -1.58. The molecular weight excluding hydrogens is 904 g/mol. The first-order valence-corrected chi connectivity index (χ1v) is 29.0. The van der Waals surface area contributed by atoms with Crippen LogP contribution in [0.3, 0.4) is 0 Å². The molecule has 12 heteroatoms. The van der Waals surface area contributed by atoms with Gasteiger partial charge in [-0.3, -0.25) is 23.4 Å². The number of phosphoric acid groups is 1. The second-order valence-electron chi connectivity index (χ2n) is 18.0. The fraction of sp³-hybridized carbons (Fsp3) is 0.707. The van der Waals surface area contributed by atoms with Gasteiger partial charge in [-0.1, -0.05) is 215 Å². The summed E-state index contributed by atoms with van der Waals surface area (Å²) in [5, 5.41) is 9.80. The van der Waals surface area contributed by atoms with Crippen LogP contribution in [0.25, 0.3) is 0 Å². The second-order valence-corrected chi connectivity index (χ2v) is 19.4. The maximum absolute atomic E-state index is 12.9. The summed E-state index contributed by atoms with van der Waals surface area (Å²) in [6, 6.07) is 0. The van der Waals surface area contributed by atoms with Crippen molar-refractivity contribution in [2.75, 3.05) is 26.4 Å². The monoisotopic (exact) mass is 1000 g/mol. The quantitative estimate of drug-likeness (QED) is 0.0197. The summed E-state index contributed by atoms with van der Waals surface area (Å²) in [4.78, 5) is 48.4. The lowest BCUT2D eigenvalue weighted by Crippen LogP contribution is -2.30. The molecule has 70 heavy (non-hydrogen) atoms. The summed E-state index contributed by atoms with van der Waals surface area (Å²) in [6.07, 6.45) is 58.5. The molecule has 0 aromatic rings. The van der Waals surface area contributed by atoms with E-state index >= 15 is 0 Å². The van der Waals surface area contributed by atoms with Crippen molar-refractivity contribution in [2.45, 2.75) is 238 Å². The van der Waals surface area contributed by atoms with E-state index < -0.39 is 57.8 Å². The molecule has 3 unspecified atom stereocenters. The fourth-order valence-corrected chi connectivity index (χ4v) is 7.99. The van der Waals surface area contributed by atoms with Crippen LogP contribution in [0.1, 0.15) is 226 Å². The molecule has 0 saturated carbocycles. The Bertz CT molecular complexity index is 1500. The molecule has 0 aliphatic heterocycles. The van der Waals surface area contributed by atoms with Crippen LogP contribution in [0.4, 0.5) is 0 Å². The number of hydrogen-bond donors (Lipinski definition) is 2. The van der Waals surface area contributed by atoms with Crippen LogP contribution in [-0.2, 0) is 42.2 Å². The Labute approximate surface area is 426 Å². The van der Waals surface area contributed by atoms with E-state index in [0.29, 0.717) is 19.3 Å². The number of ether oxygens (including phenoxy) is 3. The molecule has 0 heterocycles. The number of allylic oxidation sites excluding steroid dienone is 14. The highest BCUT2D eigenvalue weighted by Gasteiger charge is 2.28. The lowest BCUT2D eigenvalue weighted by Gasteiger charge is -2.21. The van der Waals surface area contributed by atoms with Crippen LogP contribution in [-0.4, -0.2) is 66.5 Å². The van der Waals surface area contributed by atoms with E-state index in [-0.39, 0.29) is 25.9 Å². The molecule has 0 aromatic carbocycles. The van der Waals surface area contributed by atoms with Gasteiger partial charge in [0, 0.05) is 19.3 Å². The third-order valence-electron chi connectivity index (χ3n) is 11.3. The van der Waals surface area contributed by atoms with Crippen LogP contribution in [0.2, 0.25) is 0 Å². The summed E-state index contributed by atoms with van der Waals surface area (Å²) < 4.78 is 39.3. The molecule has 0 aliphatic carbocycles. The SMILES string of the molecule is CC/C=C\C/C=C\C/C=C\C/C=C\CCC(=O)OCC(COP(=O)(O)OCC(CO)OC(=O)CCCCCCCCCCCCCCCCC)OC(=O)CCCCCCC/C=C\C/C=C\C/C=C\CC. The van der Waals surface area contributed by atoms with E-state index in [2.05, 4.69) is 93.7 Å². The Balaban J connectivity index is 4.79. The summed E-state index contributed by atoms with van der Waals surface area (Å²) >= 11 is 0. The van der Waals surface area contributed by atoms with Gasteiger partial charge in [0.2, 0.25) is 0 Å². The molecular formula is C58H99O11P. The average molecular weight is 1000 g/mol. The lowest BCUT2D eigenvalue weighted by atomic mass is 10.0. The largest absolute Gasteiger partial charge is 0.472 e. The van der Waals surface area contributed by atoms with E-state index in [1.165, 1.54) is 70.6 Å². The number of hydrogen-bond acceptors (Lipinski definition) is 10. The number of aliphatic hydroxyl groups is 1. The molecule has 0 aliphatic rings. The number of unbranched alkanes of at least 4 members (excludes halogenated alkanes) is 19. The van der Waals surface area contributed by atoms with Gasteiger partial charge in [-0.15, -0.1) is 0 Å². The minimum absolute atomic E-state index is 0.0991. The number of phosphoric ester groups is 1. The van der Waals surface area contributed by atoms with Crippen molar-refractivity contribution in [3.63, 3.8) is 0 Å². The van der Waals surface area contributed by atoms with E-state index in [1.54, 1.807) is 0 Å². The Hall–Kier alpha value is -3.34. The molecule has 2 N–H and O–H groups in total. The van der Waals surface area contributed by atoms with Crippen LogP contribution < -0.4 is 0 Å². The highest BCUT2D eigenvalue weighted by atomic mass is 31.2. The smallest absolute Gasteiger partial charge is 0.462 e. The zero-order valence-corrected chi connectivity index (χ0v) is 45.1. The summed E-state index contributed by atoms with van der Waals surface area (Å²) in [5.41, 5.74) is 0. The van der Waals surface area contributed by atoms with Gasteiger partial charge < -0.3 is 24.2 Å². The van der Waals surface area contributed by atoms with Gasteiger partial charge in [0.25, 0.3) is 0 Å². The fourth-order valence-electron chi connectivity index (χ4n) is 7.21. The number of esters is 3. The Morgan fingerprint density at radius 3 is 1.20 bits per heavy atom. The Kier molecular flexibility index (Phi) is 49.5.